The molecule has 7 heteroatoms. The van der Waals surface area contributed by atoms with Gasteiger partial charge in [-0.25, -0.2) is 4.89 Å². The van der Waals surface area contributed by atoms with Crippen molar-refractivity contribution < 1.29 is 50.0 Å². The summed E-state index contributed by atoms with van der Waals surface area (Å²) in [4.78, 5) is 27.5. The van der Waals surface area contributed by atoms with Gasteiger partial charge < -0.3 is 14.4 Å². The summed E-state index contributed by atoms with van der Waals surface area (Å²) in [5.74, 6) is 0. The van der Waals surface area contributed by atoms with Gasteiger partial charge in [0.2, 0.25) is 0 Å². The van der Waals surface area contributed by atoms with Crippen LogP contribution in [0.25, 0.3) is 0 Å². The Balaban J connectivity index is 0. The monoisotopic (exact) mass is 357 g/mol. The van der Waals surface area contributed by atoms with E-state index in [0.29, 0.717) is 0 Å². The van der Waals surface area contributed by atoms with E-state index in [1.807, 2.05) is 0 Å². The standard InChI is InChI=1S/C2H5.CH6O5Si.Hg/c1-2;1-5-6-7(2,3)4;/h1H2,2H3;2-4H,1H3;. The van der Waals surface area contributed by atoms with Crippen LogP contribution in [-0.2, 0) is 35.6 Å². The summed E-state index contributed by atoms with van der Waals surface area (Å²) in [5.41, 5.74) is 0. The van der Waals surface area contributed by atoms with Crippen molar-refractivity contribution in [3.63, 3.8) is 0 Å². The summed E-state index contributed by atoms with van der Waals surface area (Å²) in [5, 5.41) is 0. The Bertz CT molecular complexity index is 64.4. The SMILES string of the molecule is COO[Si](O)(O)O.C[CH2][Hg]. The molecule has 0 saturated carbocycles. The molecule has 0 aliphatic rings. The predicted molar refractivity (Wildman–Crippen MR) is 31.0 cm³/mol. The van der Waals surface area contributed by atoms with Gasteiger partial charge in [0.25, 0.3) is 0 Å². The number of hydrogen-bond acceptors (Lipinski definition) is 5. The molecular weight excluding hydrogens is 345 g/mol. The first kappa shape index (κ1) is 13.5. The van der Waals surface area contributed by atoms with Gasteiger partial charge in [-0.05, 0) is 0 Å². The molecule has 0 spiro atoms. The van der Waals surface area contributed by atoms with Crippen LogP contribution in [0.1, 0.15) is 6.92 Å². The van der Waals surface area contributed by atoms with Gasteiger partial charge in [0.05, 0.1) is 7.11 Å². The molecule has 0 radical (unpaired) electrons. The van der Waals surface area contributed by atoms with Gasteiger partial charge in [0.15, 0.2) is 0 Å². The van der Waals surface area contributed by atoms with E-state index in [4.69, 9.17) is 14.4 Å². The molecule has 3 N–H and O–H groups in total. The molecule has 0 fully saturated rings. The fourth-order valence-corrected chi connectivity index (χ4v) is 0.335. The van der Waals surface area contributed by atoms with Crippen molar-refractivity contribution in [1.29, 1.82) is 0 Å². The third-order valence-electron chi connectivity index (χ3n) is 0.195. The molecule has 59 valence electrons. The number of hydrogen-bond donors (Lipinski definition) is 3. The van der Waals surface area contributed by atoms with Crippen LogP contribution in [-0.4, -0.2) is 30.5 Å². The molecule has 0 bridgehead atoms. The van der Waals surface area contributed by atoms with E-state index in [1.165, 1.54) is 3.93 Å². The van der Waals surface area contributed by atoms with Crippen LogP contribution in [0.3, 0.4) is 0 Å². The summed E-state index contributed by atoms with van der Waals surface area (Å²) in [7, 11) is -3.32. The minimum absolute atomic E-state index is 1.06. The van der Waals surface area contributed by atoms with Crippen LogP contribution in [0, 0.1) is 0 Å². The fourth-order valence-electron chi connectivity index (χ4n) is 0.112. The third-order valence-corrected chi connectivity index (χ3v) is 0.585. The maximum absolute atomic E-state index is 7.92. The Hall–Kier alpha value is 0.952. The van der Waals surface area contributed by atoms with Crippen LogP contribution in [0.5, 0.6) is 0 Å². The normalized spacial score (nSPS) is 10.3. The Morgan fingerprint density at radius 3 is 1.70 bits per heavy atom. The molecule has 0 aromatic carbocycles. The van der Waals surface area contributed by atoms with Crippen molar-refractivity contribution in [2.24, 2.45) is 0 Å². The molecule has 0 aromatic rings. The fraction of sp³-hybridized carbons (Fsp3) is 1.00. The van der Waals surface area contributed by atoms with Crippen molar-refractivity contribution in [3.8, 4) is 0 Å². The van der Waals surface area contributed by atoms with Crippen molar-refractivity contribution in [3.05, 3.63) is 0 Å². The van der Waals surface area contributed by atoms with Crippen molar-refractivity contribution in [2.75, 3.05) is 7.11 Å². The predicted octanol–water partition coefficient (Wildman–Crippen LogP) is -1.05. The average molecular weight is 356 g/mol. The van der Waals surface area contributed by atoms with Gasteiger partial charge in [-0.2, -0.15) is 4.58 Å². The topological polar surface area (TPSA) is 79.2 Å². The zero-order chi connectivity index (χ0) is 8.62. The van der Waals surface area contributed by atoms with Crippen molar-refractivity contribution in [1.82, 2.24) is 0 Å². The van der Waals surface area contributed by atoms with Gasteiger partial charge in [-0.1, -0.05) is 0 Å². The van der Waals surface area contributed by atoms with Crippen LogP contribution in [0.15, 0.2) is 0 Å². The molecule has 0 unspecified atom stereocenters. The Morgan fingerprint density at radius 2 is 1.70 bits per heavy atom. The molecule has 0 aromatic heterocycles. The van der Waals surface area contributed by atoms with Gasteiger partial charge in [0.1, 0.15) is 0 Å². The molecular formula is C3H11HgO5Si. The summed E-state index contributed by atoms with van der Waals surface area (Å²) < 4.78 is 4.98. The minimum atomic E-state index is -4.38. The molecule has 0 aliphatic heterocycles. The first-order chi connectivity index (χ1) is 4.47. The van der Waals surface area contributed by atoms with Crippen molar-refractivity contribution in [2.45, 2.75) is 10.9 Å². The molecule has 0 aliphatic carbocycles. The van der Waals surface area contributed by atoms with Crippen molar-refractivity contribution >= 4 is 9.05 Å². The average Bonchev–Trinajstić information content (AvgIpc) is 1.63. The van der Waals surface area contributed by atoms with E-state index < -0.39 is 9.05 Å². The molecule has 0 saturated heterocycles. The van der Waals surface area contributed by atoms with Gasteiger partial charge in [-0.3, -0.25) is 0 Å². The van der Waals surface area contributed by atoms with Crippen LogP contribution in [0.2, 0.25) is 3.93 Å². The number of rotatable bonds is 2. The molecule has 0 atom stereocenters. The summed E-state index contributed by atoms with van der Waals surface area (Å²) in [6.45, 7) is 2.21. The van der Waals surface area contributed by atoms with E-state index in [2.05, 4.69) is 16.4 Å². The summed E-state index contributed by atoms with van der Waals surface area (Å²) in [6.07, 6.45) is 0. The third kappa shape index (κ3) is 23.1. The van der Waals surface area contributed by atoms with E-state index in [9.17, 15) is 0 Å². The van der Waals surface area contributed by atoms with E-state index in [1.54, 1.807) is 0 Å². The van der Waals surface area contributed by atoms with E-state index >= 15 is 0 Å². The van der Waals surface area contributed by atoms with Gasteiger partial charge in [-0.15, -0.1) is 0 Å². The Morgan fingerprint density at radius 1 is 1.40 bits per heavy atom. The second kappa shape index (κ2) is 8.05. The second-order valence-corrected chi connectivity index (χ2v) is 6.53. The van der Waals surface area contributed by atoms with E-state index in [-0.39, 0.29) is 0 Å². The molecule has 10 heavy (non-hydrogen) atoms. The van der Waals surface area contributed by atoms with Gasteiger partial charge >= 0.3 is 46.0 Å². The maximum atomic E-state index is 7.92. The zero-order valence-corrected chi connectivity index (χ0v) is 12.6. The van der Waals surface area contributed by atoms with Crippen LogP contribution in [0.4, 0.5) is 0 Å². The first-order valence-electron chi connectivity index (χ1n) is 2.66. The molecule has 0 heterocycles. The second-order valence-electron chi connectivity index (χ2n) is 1.32. The quantitative estimate of drug-likeness (QED) is 0.335. The summed E-state index contributed by atoms with van der Waals surface area (Å²) >= 11 is 1.07. The Kier molecular flexibility index (Phi) is 10.9. The molecule has 0 amide bonds. The molecule has 0 rings (SSSR count). The van der Waals surface area contributed by atoms with Crippen LogP contribution >= 0.6 is 0 Å². The summed E-state index contributed by atoms with van der Waals surface area (Å²) in [6, 6.07) is 0. The molecule has 5 nitrogen and oxygen atoms in total. The first-order valence-corrected chi connectivity index (χ1v) is 8.29. The zero-order valence-electron chi connectivity index (χ0n) is 6.07. The van der Waals surface area contributed by atoms with Crippen LogP contribution < -0.4 is 0 Å². The van der Waals surface area contributed by atoms with E-state index in [0.717, 1.165) is 33.2 Å². The van der Waals surface area contributed by atoms with Gasteiger partial charge in [0, 0.05) is 0 Å². The Labute approximate surface area is 77.0 Å².